The fourth-order valence-electron chi connectivity index (χ4n) is 5.91. The highest BCUT2D eigenvalue weighted by atomic mass is 14.1. The molecule has 0 atom stereocenters. The smallest absolute Gasteiger partial charge is 0.00988 e. The zero-order chi connectivity index (χ0) is 23.6. The maximum absolute atomic E-state index is 2.37. The summed E-state index contributed by atoms with van der Waals surface area (Å²) in [6.07, 6.45) is 0. The maximum Gasteiger partial charge on any atom is -0.00988 e. The first-order valence-corrected chi connectivity index (χ1v) is 12.5. The number of benzene rings is 8. The molecule has 0 amide bonds. The van der Waals surface area contributed by atoms with Crippen molar-refractivity contribution in [3.63, 3.8) is 0 Å². The maximum atomic E-state index is 2.37. The largest absolute Gasteiger partial charge is 0.0616 e. The third-order valence-electron chi connectivity index (χ3n) is 7.69. The minimum absolute atomic E-state index is 1.28. The number of hydrogen-bond donors (Lipinski definition) is 0. The quantitative estimate of drug-likeness (QED) is 0.216. The molecule has 0 aliphatic rings. The van der Waals surface area contributed by atoms with E-state index in [1.807, 2.05) is 0 Å². The summed E-state index contributed by atoms with van der Waals surface area (Å²) in [5.41, 5.74) is 2.57. The van der Waals surface area contributed by atoms with E-state index in [2.05, 4.69) is 133 Å². The van der Waals surface area contributed by atoms with Crippen LogP contribution in [0.4, 0.5) is 0 Å². The van der Waals surface area contributed by atoms with Gasteiger partial charge in [0.05, 0.1) is 0 Å². The van der Waals surface area contributed by atoms with Crippen molar-refractivity contribution < 1.29 is 0 Å². The Morgan fingerprint density at radius 1 is 0.222 bits per heavy atom. The van der Waals surface area contributed by atoms with Crippen LogP contribution in [0.25, 0.3) is 75.8 Å². The van der Waals surface area contributed by atoms with E-state index < -0.39 is 0 Å². The monoisotopic (exact) mass is 454 g/mol. The highest BCUT2D eigenvalue weighted by Crippen LogP contribution is 2.38. The molecule has 0 spiro atoms. The minimum Gasteiger partial charge on any atom is -0.0616 e. The SMILES string of the molecule is c1ccc2cc3cc4c(-c5cccc6cc7cc8ccccc8cc7cc56)cccc4cc3cc2c1. The first-order valence-electron chi connectivity index (χ1n) is 12.5. The van der Waals surface area contributed by atoms with Crippen molar-refractivity contribution in [2.75, 3.05) is 0 Å². The van der Waals surface area contributed by atoms with Crippen LogP contribution < -0.4 is 0 Å². The predicted molar refractivity (Wildman–Crippen MR) is 157 cm³/mol. The molecule has 0 aliphatic carbocycles. The highest BCUT2D eigenvalue weighted by Gasteiger charge is 2.11. The molecule has 0 bridgehead atoms. The number of hydrogen-bond acceptors (Lipinski definition) is 0. The van der Waals surface area contributed by atoms with Gasteiger partial charge in [0.25, 0.3) is 0 Å². The van der Waals surface area contributed by atoms with Crippen LogP contribution in [0.2, 0.25) is 0 Å². The summed E-state index contributed by atoms with van der Waals surface area (Å²) < 4.78 is 0. The predicted octanol–water partition coefficient (Wildman–Crippen LogP) is 10.3. The van der Waals surface area contributed by atoms with Crippen LogP contribution in [0.1, 0.15) is 0 Å². The number of fused-ring (bicyclic) bond motifs is 6. The fraction of sp³-hybridized carbons (Fsp3) is 0. The molecule has 0 heteroatoms. The molecule has 8 aromatic rings. The second kappa shape index (κ2) is 7.41. The molecule has 166 valence electrons. The van der Waals surface area contributed by atoms with Gasteiger partial charge in [0.2, 0.25) is 0 Å². The highest BCUT2D eigenvalue weighted by molar-refractivity contribution is 6.13. The summed E-state index contributed by atoms with van der Waals surface area (Å²) >= 11 is 0. The van der Waals surface area contributed by atoms with Gasteiger partial charge in [-0.15, -0.1) is 0 Å². The van der Waals surface area contributed by atoms with Crippen molar-refractivity contribution in [2.45, 2.75) is 0 Å². The normalized spacial score (nSPS) is 11.9. The lowest BCUT2D eigenvalue weighted by atomic mass is 9.90. The van der Waals surface area contributed by atoms with E-state index in [-0.39, 0.29) is 0 Å². The molecule has 0 N–H and O–H groups in total. The van der Waals surface area contributed by atoms with Crippen LogP contribution in [0.5, 0.6) is 0 Å². The van der Waals surface area contributed by atoms with Crippen molar-refractivity contribution in [3.8, 4) is 11.1 Å². The summed E-state index contributed by atoms with van der Waals surface area (Å²) in [6.45, 7) is 0. The van der Waals surface area contributed by atoms with E-state index in [9.17, 15) is 0 Å². The van der Waals surface area contributed by atoms with E-state index in [4.69, 9.17) is 0 Å². The van der Waals surface area contributed by atoms with Gasteiger partial charge in [-0.3, -0.25) is 0 Å². The third-order valence-corrected chi connectivity index (χ3v) is 7.69. The van der Waals surface area contributed by atoms with Crippen molar-refractivity contribution in [1.82, 2.24) is 0 Å². The summed E-state index contributed by atoms with van der Waals surface area (Å²) in [5.74, 6) is 0. The van der Waals surface area contributed by atoms with Gasteiger partial charge in [-0.2, -0.15) is 0 Å². The van der Waals surface area contributed by atoms with Crippen LogP contribution in [0.3, 0.4) is 0 Å². The van der Waals surface area contributed by atoms with Gasteiger partial charge in [-0.25, -0.2) is 0 Å². The van der Waals surface area contributed by atoms with E-state index in [0.717, 1.165) is 0 Å². The summed E-state index contributed by atoms with van der Waals surface area (Å²) in [5, 5.41) is 15.4. The lowest BCUT2D eigenvalue weighted by molar-refractivity contribution is 1.71. The van der Waals surface area contributed by atoms with Crippen molar-refractivity contribution in [2.24, 2.45) is 0 Å². The van der Waals surface area contributed by atoms with Crippen molar-refractivity contribution in [3.05, 3.63) is 133 Å². The third kappa shape index (κ3) is 2.95. The molecule has 0 aromatic heterocycles. The molecule has 8 rings (SSSR count). The summed E-state index contributed by atoms with van der Waals surface area (Å²) in [4.78, 5) is 0. The van der Waals surface area contributed by atoms with Gasteiger partial charge in [-0.1, -0.05) is 84.9 Å². The molecule has 0 saturated heterocycles. The van der Waals surface area contributed by atoms with Crippen LogP contribution in [0.15, 0.2) is 133 Å². The Labute approximate surface area is 209 Å². The Bertz CT molecular complexity index is 1990. The second-order valence-corrected chi connectivity index (χ2v) is 9.85. The van der Waals surface area contributed by atoms with E-state index in [1.165, 1.54) is 75.8 Å². The summed E-state index contributed by atoms with van der Waals surface area (Å²) in [6, 6.07) is 49.3. The molecule has 0 radical (unpaired) electrons. The first kappa shape index (κ1) is 19.6. The topological polar surface area (TPSA) is 0 Å². The van der Waals surface area contributed by atoms with Gasteiger partial charge in [-0.05, 0) is 124 Å². The average Bonchev–Trinajstić information content (AvgIpc) is 2.92. The van der Waals surface area contributed by atoms with E-state index >= 15 is 0 Å². The molecule has 0 heterocycles. The molecule has 36 heavy (non-hydrogen) atoms. The molecule has 0 unspecified atom stereocenters. The van der Waals surface area contributed by atoms with Crippen molar-refractivity contribution in [1.29, 1.82) is 0 Å². The Kier molecular flexibility index (Phi) is 4.03. The van der Waals surface area contributed by atoms with Gasteiger partial charge >= 0.3 is 0 Å². The molecule has 8 aromatic carbocycles. The lowest BCUT2D eigenvalue weighted by Gasteiger charge is -2.13. The van der Waals surface area contributed by atoms with Gasteiger partial charge in [0, 0.05) is 0 Å². The standard InChI is InChI=1S/C36H22/c1-3-9-25-17-31-21-35-27(19-29(31)15-23(25)7-1)11-5-13-33(35)34-14-6-12-28-20-30-16-24-8-2-4-10-26(24)18-32(30)22-36(28)34/h1-22H. The van der Waals surface area contributed by atoms with E-state index in [1.54, 1.807) is 0 Å². The average molecular weight is 455 g/mol. The molecule has 0 aliphatic heterocycles. The zero-order valence-corrected chi connectivity index (χ0v) is 19.7. The molecule has 0 saturated carbocycles. The Morgan fingerprint density at radius 3 is 0.917 bits per heavy atom. The Hall–Kier alpha value is -4.68. The molecular formula is C36H22. The van der Waals surface area contributed by atoms with Gasteiger partial charge < -0.3 is 0 Å². The van der Waals surface area contributed by atoms with Crippen molar-refractivity contribution >= 4 is 64.6 Å². The van der Waals surface area contributed by atoms with Gasteiger partial charge in [0.15, 0.2) is 0 Å². The molecule has 0 nitrogen and oxygen atoms in total. The Morgan fingerprint density at radius 2 is 0.528 bits per heavy atom. The molecule has 0 fully saturated rings. The number of rotatable bonds is 1. The second-order valence-electron chi connectivity index (χ2n) is 9.85. The minimum atomic E-state index is 1.28. The van der Waals surface area contributed by atoms with Crippen LogP contribution in [0, 0.1) is 0 Å². The first-order chi connectivity index (χ1) is 17.8. The van der Waals surface area contributed by atoms with Crippen LogP contribution >= 0.6 is 0 Å². The van der Waals surface area contributed by atoms with E-state index in [0.29, 0.717) is 0 Å². The zero-order valence-electron chi connectivity index (χ0n) is 19.7. The lowest BCUT2D eigenvalue weighted by Crippen LogP contribution is -1.86. The fourth-order valence-corrected chi connectivity index (χ4v) is 5.91. The van der Waals surface area contributed by atoms with Gasteiger partial charge in [0.1, 0.15) is 0 Å². The van der Waals surface area contributed by atoms with Crippen LogP contribution in [-0.4, -0.2) is 0 Å². The Balaban J connectivity index is 1.42. The molecular weight excluding hydrogens is 432 g/mol. The summed E-state index contributed by atoms with van der Waals surface area (Å²) in [7, 11) is 0. The van der Waals surface area contributed by atoms with Crippen LogP contribution in [-0.2, 0) is 0 Å².